The number of nitrogens with zero attached hydrogens (tertiary/aromatic N) is 1. The minimum absolute atomic E-state index is 0.350. The molecule has 0 aromatic rings. The van der Waals surface area contributed by atoms with Crippen LogP contribution in [-0.4, -0.2) is 63.4 Å². The van der Waals surface area contributed by atoms with Crippen LogP contribution in [0.3, 0.4) is 0 Å². The first-order valence-corrected chi connectivity index (χ1v) is 6.54. The molecule has 0 radical (unpaired) electrons. The van der Waals surface area contributed by atoms with Crippen molar-refractivity contribution in [1.82, 2.24) is 15.5 Å². The Labute approximate surface area is 99.7 Å². The summed E-state index contributed by atoms with van der Waals surface area (Å²) in [5.74, 6) is 0. The van der Waals surface area contributed by atoms with E-state index in [1.54, 1.807) is 0 Å². The fourth-order valence-electron chi connectivity index (χ4n) is 1.85. The Hall–Kier alpha value is -0.160. The number of hydrogen-bond acceptors (Lipinski definition) is 4. The molecule has 0 saturated carbocycles. The maximum atomic E-state index is 5.46. The van der Waals surface area contributed by atoms with Gasteiger partial charge in [-0.15, -0.1) is 0 Å². The van der Waals surface area contributed by atoms with Gasteiger partial charge in [-0.2, -0.15) is 0 Å². The molecule has 2 N–H and O–H groups in total. The lowest BCUT2D eigenvalue weighted by molar-refractivity contribution is 0.0807. The van der Waals surface area contributed by atoms with Crippen LogP contribution >= 0.6 is 0 Å². The molecule has 0 amide bonds. The summed E-state index contributed by atoms with van der Waals surface area (Å²) in [7, 11) is 0. The third-order valence-corrected chi connectivity index (χ3v) is 2.77. The molecule has 1 rings (SSSR count). The zero-order chi connectivity index (χ0) is 11.6. The molecule has 0 bridgehead atoms. The second-order valence-electron chi connectivity index (χ2n) is 4.61. The van der Waals surface area contributed by atoms with Crippen LogP contribution in [0, 0.1) is 0 Å². The van der Waals surface area contributed by atoms with E-state index in [1.807, 2.05) is 0 Å². The molecule has 1 aliphatic heterocycles. The molecule has 4 heteroatoms. The van der Waals surface area contributed by atoms with Gasteiger partial charge in [0.15, 0.2) is 0 Å². The van der Waals surface area contributed by atoms with Crippen molar-refractivity contribution in [2.24, 2.45) is 0 Å². The van der Waals surface area contributed by atoms with Crippen LogP contribution < -0.4 is 10.6 Å². The molecule has 1 fully saturated rings. The maximum Gasteiger partial charge on any atom is 0.0594 e. The molecular formula is C12H27N3O. The van der Waals surface area contributed by atoms with Crippen LogP contribution in [0.25, 0.3) is 0 Å². The van der Waals surface area contributed by atoms with Gasteiger partial charge in [0.05, 0.1) is 12.7 Å². The largest absolute Gasteiger partial charge is 0.377 e. The van der Waals surface area contributed by atoms with Gasteiger partial charge in [-0.3, -0.25) is 0 Å². The summed E-state index contributed by atoms with van der Waals surface area (Å²) in [6.45, 7) is 13.0. The zero-order valence-electron chi connectivity index (χ0n) is 10.8. The molecule has 0 aliphatic carbocycles. The third-order valence-electron chi connectivity index (χ3n) is 2.77. The number of piperazine rings is 1. The summed E-state index contributed by atoms with van der Waals surface area (Å²) in [6.07, 6.45) is 1.59. The minimum Gasteiger partial charge on any atom is -0.377 e. The highest BCUT2D eigenvalue weighted by atomic mass is 16.5. The molecule has 1 saturated heterocycles. The van der Waals surface area contributed by atoms with Gasteiger partial charge in [-0.05, 0) is 33.4 Å². The van der Waals surface area contributed by atoms with E-state index in [-0.39, 0.29) is 0 Å². The van der Waals surface area contributed by atoms with Crippen molar-refractivity contribution in [3.05, 3.63) is 0 Å². The number of nitrogens with one attached hydrogen (secondary N) is 2. The number of rotatable bonds is 8. The lowest BCUT2D eigenvalue weighted by Crippen LogP contribution is -2.44. The van der Waals surface area contributed by atoms with Gasteiger partial charge in [0.25, 0.3) is 0 Å². The van der Waals surface area contributed by atoms with Gasteiger partial charge in [-0.25, -0.2) is 0 Å². The normalized spacial score (nSPS) is 18.2. The van der Waals surface area contributed by atoms with Crippen LogP contribution in [-0.2, 0) is 4.74 Å². The minimum atomic E-state index is 0.350. The quantitative estimate of drug-likeness (QED) is 0.587. The summed E-state index contributed by atoms with van der Waals surface area (Å²) < 4.78 is 5.46. The summed E-state index contributed by atoms with van der Waals surface area (Å²) >= 11 is 0. The topological polar surface area (TPSA) is 36.5 Å². The lowest BCUT2D eigenvalue weighted by atomic mass is 10.3. The molecule has 96 valence electrons. The van der Waals surface area contributed by atoms with Gasteiger partial charge in [0, 0.05) is 32.7 Å². The fraction of sp³-hybridized carbons (Fsp3) is 1.00. The van der Waals surface area contributed by atoms with Gasteiger partial charge in [-0.1, -0.05) is 0 Å². The summed E-state index contributed by atoms with van der Waals surface area (Å²) in [5.41, 5.74) is 0. The van der Waals surface area contributed by atoms with E-state index in [0.717, 1.165) is 32.8 Å². The molecule has 1 heterocycles. The average molecular weight is 229 g/mol. The number of ether oxygens (including phenoxy) is 1. The summed E-state index contributed by atoms with van der Waals surface area (Å²) in [6, 6.07) is 0. The Morgan fingerprint density at radius 3 is 2.69 bits per heavy atom. The molecule has 0 aromatic carbocycles. The van der Waals surface area contributed by atoms with Gasteiger partial charge in [0.1, 0.15) is 0 Å². The van der Waals surface area contributed by atoms with Crippen LogP contribution in [0.5, 0.6) is 0 Å². The molecule has 4 nitrogen and oxygen atoms in total. The van der Waals surface area contributed by atoms with Crippen molar-refractivity contribution in [2.45, 2.75) is 26.4 Å². The molecule has 0 unspecified atom stereocenters. The van der Waals surface area contributed by atoms with E-state index in [4.69, 9.17) is 4.74 Å². The van der Waals surface area contributed by atoms with Crippen LogP contribution in [0.4, 0.5) is 0 Å². The van der Waals surface area contributed by atoms with Crippen LogP contribution in [0.15, 0.2) is 0 Å². The highest BCUT2D eigenvalue weighted by Crippen LogP contribution is 1.93. The second kappa shape index (κ2) is 8.93. The van der Waals surface area contributed by atoms with E-state index >= 15 is 0 Å². The molecule has 16 heavy (non-hydrogen) atoms. The Balaban J connectivity index is 1.80. The Kier molecular flexibility index (Phi) is 7.76. The molecule has 0 spiro atoms. The SMILES string of the molecule is CC(C)OCCNCCCN1CCNCC1. The molecular weight excluding hydrogens is 202 g/mol. The average Bonchev–Trinajstić information content (AvgIpc) is 2.29. The van der Waals surface area contributed by atoms with E-state index in [9.17, 15) is 0 Å². The fourth-order valence-corrected chi connectivity index (χ4v) is 1.85. The lowest BCUT2D eigenvalue weighted by Gasteiger charge is -2.27. The van der Waals surface area contributed by atoms with Crippen molar-refractivity contribution in [3.8, 4) is 0 Å². The predicted molar refractivity (Wildman–Crippen MR) is 67.9 cm³/mol. The van der Waals surface area contributed by atoms with Crippen molar-refractivity contribution in [3.63, 3.8) is 0 Å². The van der Waals surface area contributed by atoms with Gasteiger partial charge < -0.3 is 20.3 Å². The molecule has 0 aromatic heterocycles. The van der Waals surface area contributed by atoms with E-state index in [2.05, 4.69) is 29.4 Å². The summed E-state index contributed by atoms with van der Waals surface area (Å²) in [5, 5.41) is 6.78. The Morgan fingerprint density at radius 1 is 1.25 bits per heavy atom. The van der Waals surface area contributed by atoms with E-state index in [0.29, 0.717) is 6.10 Å². The zero-order valence-corrected chi connectivity index (χ0v) is 10.8. The Bertz CT molecular complexity index is 158. The smallest absolute Gasteiger partial charge is 0.0594 e. The standard InChI is InChI=1S/C12H27N3O/c1-12(2)16-11-7-13-4-3-8-15-9-5-14-6-10-15/h12-14H,3-11H2,1-2H3. The van der Waals surface area contributed by atoms with E-state index < -0.39 is 0 Å². The number of hydrogen-bond donors (Lipinski definition) is 2. The van der Waals surface area contributed by atoms with Crippen molar-refractivity contribution < 1.29 is 4.74 Å². The predicted octanol–water partition coefficient (Wildman–Crippen LogP) is 0.296. The first-order chi connectivity index (χ1) is 7.79. The third kappa shape index (κ3) is 7.17. The van der Waals surface area contributed by atoms with Crippen LogP contribution in [0.2, 0.25) is 0 Å². The molecule has 1 aliphatic rings. The first-order valence-electron chi connectivity index (χ1n) is 6.54. The van der Waals surface area contributed by atoms with Gasteiger partial charge in [0.2, 0.25) is 0 Å². The Morgan fingerprint density at radius 2 is 2.00 bits per heavy atom. The van der Waals surface area contributed by atoms with E-state index in [1.165, 1.54) is 26.1 Å². The molecule has 0 atom stereocenters. The first kappa shape index (κ1) is 13.9. The highest BCUT2D eigenvalue weighted by Gasteiger charge is 2.07. The van der Waals surface area contributed by atoms with Crippen molar-refractivity contribution in [1.29, 1.82) is 0 Å². The monoisotopic (exact) mass is 229 g/mol. The maximum absolute atomic E-state index is 5.46. The summed E-state index contributed by atoms with van der Waals surface area (Å²) in [4.78, 5) is 2.53. The van der Waals surface area contributed by atoms with Gasteiger partial charge >= 0.3 is 0 Å². The highest BCUT2D eigenvalue weighted by molar-refractivity contribution is 4.67. The van der Waals surface area contributed by atoms with Crippen LogP contribution in [0.1, 0.15) is 20.3 Å². The van der Waals surface area contributed by atoms with Crippen molar-refractivity contribution >= 4 is 0 Å². The second-order valence-corrected chi connectivity index (χ2v) is 4.61. The van der Waals surface area contributed by atoms with Crippen molar-refractivity contribution in [2.75, 3.05) is 52.4 Å².